The molecule has 1 aliphatic heterocycles. The summed E-state index contributed by atoms with van der Waals surface area (Å²) in [5, 5.41) is 9.40. The van der Waals surface area contributed by atoms with E-state index in [1.807, 2.05) is 13.0 Å². The predicted molar refractivity (Wildman–Crippen MR) is 72.0 cm³/mol. The van der Waals surface area contributed by atoms with Crippen LogP contribution in [0.1, 0.15) is 31.4 Å². The first-order valence-corrected chi connectivity index (χ1v) is 6.34. The fourth-order valence-electron chi connectivity index (χ4n) is 2.49. The molecule has 0 fully saturated rings. The first-order chi connectivity index (χ1) is 8.90. The van der Waals surface area contributed by atoms with Gasteiger partial charge in [0.15, 0.2) is 0 Å². The lowest BCUT2D eigenvalue weighted by Gasteiger charge is -2.38. The largest absolute Gasteiger partial charge is 0.480 e. The van der Waals surface area contributed by atoms with Gasteiger partial charge in [0.2, 0.25) is 5.91 Å². The van der Waals surface area contributed by atoms with Crippen LogP contribution < -0.4 is 10.6 Å². The number of hydrogen-bond acceptors (Lipinski definition) is 3. The van der Waals surface area contributed by atoms with Crippen molar-refractivity contribution in [3.05, 3.63) is 29.3 Å². The maximum Gasteiger partial charge on any atom is 0.328 e. The molecule has 0 aliphatic carbocycles. The second-order valence-corrected chi connectivity index (χ2v) is 4.90. The minimum absolute atomic E-state index is 0.0991. The number of nitrogens with two attached hydrogens (primary N) is 1. The molecule has 5 nitrogen and oxygen atoms in total. The number of carboxylic acids is 1. The zero-order valence-corrected chi connectivity index (χ0v) is 11.1. The molecule has 3 N–H and O–H groups in total. The molecule has 1 atom stereocenters. The quantitative estimate of drug-likeness (QED) is 0.840. The molecule has 1 amide bonds. The minimum atomic E-state index is -1.41. The van der Waals surface area contributed by atoms with E-state index in [0.717, 1.165) is 12.0 Å². The van der Waals surface area contributed by atoms with Crippen molar-refractivity contribution in [2.75, 3.05) is 11.4 Å². The summed E-state index contributed by atoms with van der Waals surface area (Å²) in [6.07, 6.45) is 1.02. The molecule has 102 valence electrons. The third-order valence-corrected chi connectivity index (χ3v) is 3.73. The van der Waals surface area contributed by atoms with Crippen molar-refractivity contribution in [3.8, 4) is 0 Å². The van der Waals surface area contributed by atoms with Crippen molar-refractivity contribution in [2.24, 2.45) is 5.73 Å². The van der Waals surface area contributed by atoms with E-state index in [-0.39, 0.29) is 12.3 Å². The SMILES string of the molecule is CCc1ccc2c(c1)C(N)(C(=O)O)CCN2C(C)=O. The normalized spacial score (nSPS) is 21.9. The van der Waals surface area contributed by atoms with Crippen LogP contribution >= 0.6 is 0 Å². The number of aryl methyl sites for hydroxylation is 1. The third kappa shape index (κ3) is 2.10. The van der Waals surface area contributed by atoms with Crippen molar-refractivity contribution in [2.45, 2.75) is 32.2 Å². The van der Waals surface area contributed by atoms with Crippen LogP contribution in [0.5, 0.6) is 0 Å². The van der Waals surface area contributed by atoms with Gasteiger partial charge in [-0.3, -0.25) is 4.79 Å². The molecule has 1 aromatic carbocycles. The molecule has 2 rings (SSSR count). The first kappa shape index (κ1) is 13.5. The average molecular weight is 262 g/mol. The minimum Gasteiger partial charge on any atom is -0.480 e. The fraction of sp³-hybridized carbons (Fsp3) is 0.429. The Hall–Kier alpha value is -1.88. The van der Waals surface area contributed by atoms with Crippen LogP contribution in [0.2, 0.25) is 0 Å². The van der Waals surface area contributed by atoms with Crippen molar-refractivity contribution in [1.29, 1.82) is 0 Å². The molecule has 0 bridgehead atoms. The topological polar surface area (TPSA) is 83.6 Å². The Morgan fingerprint density at radius 2 is 2.16 bits per heavy atom. The monoisotopic (exact) mass is 262 g/mol. The number of benzene rings is 1. The molecule has 0 radical (unpaired) electrons. The summed E-state index contributed by atoms with van der Waals surface area (Å²) in [4.78, 5) is 24.7. The van der Waals surface area contributed by atoms with Gasteiger partial charge < -0.3 is 15.7 Å². The predicted octanol–water partition coefficient (Wildman–Crippen LogP) is 1.24. The van der Waals surface area contributed by atoms with Gasteiger partial charge in [-0.2, -0.15) is 0 Å². The highest BCUT2D eigenvalue weighted by molar-refractivity contribution is 5.96. The van der Waals surface area contributed by atoms with E-state index in [4.69, 9.17) is 5.73 Å². The summed E-state index contributed by atoms with van der Waals surface area (Å²) in [6.45, 7) is 3.80. The van der Waals surface area contributed by atoms with Crippen LogP contribution in [-0.4, -0.2) is 23.5 Å². The number of carbonyl (C=O) groups excluding carboxylic acids is 1. The van der Waals surface area contributed by atoms with Gasteiger partial charge in [0.05, 0.1) is 0 Å². The number of carbonyl (C=O) groups is 2. The molecule has 1 unspecified atom stereocenters. The summed E-state index contributed by atoms with van der Waals surface area (Å²) in [6, 6.07) is 5.50. The molecule has 0 saturated heterocycles. The maximum absolute atomic E-state index is 11.6. The van der Waals surface area contributed by atoms with Gasteiger partial charge in [0, 0.05) is 24.7 Å². The van der Waals surface area contributed by atoms with Gasteiger partial charge in [-0.1, -0.05) is 19.1 Å². The van der Waals surface area contributed by atoms with Crippen molar-refractivity contribution >= 4 is 17.6 Å². The second kappa shape index (κ2) is 4.66. The van der Waals surface area contributed by atoms with Crippen LogP contribution in [0.15, 0.2) is 18.2 Å². The van der Waals surface area contributed by atoms with Gasteiger partial charge in [0.1, 0.15) is 5.54 Å². The molecule has 1 aromatic rings. The van der Waals surface area contributed by atoms with Crippen molar-refractivity contribution < 1.29 is 14.7 Å². The highest BCUT2D eigenvalue weighted by Gasteiger charge is 2.43. The van der Waals surface area contributed by atoms with Crippen LogP contribution in [0, 0.1) is 0 Å². The van der Waals surface area contributed by atoms with E-state index in [9.17, 15) is 14.7 Å². The average Bonchev–Trinajstić information content (AvgIpc) is 2.38. The lowest BCUT2D eigenvalue weighted by Crippen LogP contribution is -2.52. The summed E-state index contributed by atoms with van der Waals surface area (Å²) >= 11 is 0. The lowest BCUT2D eigenvalue weighted by molar-refractivity contribution is -0.144. The highest BCUT2D eigenvalue weighted by Crippen LogP contribution is 2.37. The summed E-state index contributed by atoms with van der Waals surface area (Å²) in [5.41, 5.74) is 6.81. The number of carboxylic acid groups (broad SMARTS) is 1. The molecule has 5 heteroatoms. The molecule has 1 heterocycles. The van der Waals surface area contributed by atoms with Crippen molar-refractivity contribution in [3.63, 3.8) is 0 Å². The molecule has 0 saturated carbocycles. The van der Waals surface area contributed by atoms with Crippen LogP contribution in [0.25, 0.3) is 0 Å². The second-order valence-electron chi connectivity index (χ2n) is 4.90. The van der Waals surface area contributed by atoms with E-state index >= 15 is 0 Å². The maximum atomic E-state index is 11.6. The number of rotatable bonds is 2. The van der Waals surface area contributed by atoms with Gasteiger partial charge in [-0.05, 0) is 24.5 Å². The molecular weight excluding hydrogens is 244 g/mol. The Morgan fingerprint density at radius 3 is 2.68 bits per heavy atom. The standard InChI is InChI=1S/C14H18N2O3/c1-3-10-4-5-12-11(8-10)14(15,13(18)19)6-7-16(12)9(2)17/h4-5,8H,3,6-7,15H2,1-2H3,(H,18,19). The van der Waals surface area contributed by atoms with Gasteiger partial charge in [0.25, 0.3) is 0 Å². The van der Waals surface area contributed by atoms with Gasteiger partial charge in [-0.15, -0.1) is 0 Å². The Balaban J connectivity index is 2.63. The highest BCUT2D eigenvalue weighted by atomic mass is 16.4. The summed E-state index contributed by atoms with van der Waals surface area (Å²) in [5.74, 6) is -1.15. The van der Waals surface area contributed by atoms with E-state index in [1.54, 1.807) is 17.0 Å². The summed E-state index contributed by atoms with van der Waals surface area (Å²) in [7, 11) is 0. The third-order valence-electron chi connectivity index (χ3n) is 3.73. The molecule has 0 spiro atoms. The fourth-order valence-corrected chi connectivity index (χ4v) is 2.49. The number of aliphatic carboxylic acids is 1. The number of fused-ring (bicyclic) bond motifs is 1. The zero-order valence-electron chi connectivity index (χ0n) is 11.1. The van der Waals surface area contributed by atoms with E-state index < -0.39 is 11.5 Å². The van der Waals surface area contributed by atoms with Gasteiger partial charge in [-0.25, -0.2) is 4.79 Å². The Morgan fingerprint density at radius 1 is 1.47 bits per heavy atom. The lowest BCUT2D eigenvalue weighted by atomic mass is 9.82. The molecule has 19 heavy (non-hydrogen) atoms. The summed E-state index contributed by atoms with van der Waals surface area (Å²) < 4.78 is 0. The van der Waals surface area contributed by atoms with Crippen molar-refractivity contribution in [1.82, 2.24) is 0 Å². The number of hydrogen-bond donors (Lipinski definition) is 2. The van der Waals surface area contributed by atoms with Crippen LogP contribution in [-0.2, 0) is 21.5 Å². The van der Waals surface area contributed by atoms with E-state index in [2.05, 4.69) is 0 Å². The number of amides is 1. The van der Waals surface area contributed by atoms with E-state index in [1.165, 1.54) is 6.92 Å². The van der Waals surface area contributed by atoms with Crippen LogP contribution in [0.4, 0.5) is 5.69 Å². The molecule has 0 aromatic heterocycles. The number of nitrogens with zero attached hydrogens (tertiary/aromatic N) is 1. The van der Waals surface area contributed by atoms with Gasteiger partial charge >= 0.3 is 5.97 Å². The number of anilines is 1. The molecular formula is C14H18N2O3. The first-order valence-electron chi connectivity index (χ1n) is 6.34. The Labute approximate surface area is 112 Å². The Kier molecular flexibility index (Phi) is 3.32. The smallest absolute Gasteiger partial charge is 0.328 e. The molecule has 1 aliphatic rings. The van der Waals surface area contributed by atoms with E-state index in [0.29, 0.717) is 17.8 Å². The van der Waals surface area contributed by atoms with Crippen LogP contribution in [0.3, 0.4) is 0 Å². The zero-order chi connectivity index (χ0) is 14.2. The Bertz CT molecular complexity index is 541.